The second-order valence-electron chi connectivity index (χ2n) is 4.83. The molecule has 0 bridgehead atoms. The minimum atomic E-state index is -0.289. The lowest BCUT2D eigenvalue weighted by atomic mass is 10.2. The fourth-order valence-corrected chi connectivity index (χ4v) is 3.51. The van der Waals surface area contributed by atoms with Crippen molar-refractivity contribution in [1.29, 1.82) is 0 Å². The predicted molar refractivity (Wildman–Crippen MR) is 79.5 cm³/mol. The zero-order chi connectivity index (χ0) is 14.4. The van der Waals surface area contributed by atoms with Crippen molar-refractivity contribution in [3.63, 3.8) is 0 Å². The molecular weight excluding hydrogens is 275 g/mol. The molecule has 0 aliphatic heterocycles. The summed E-state index contributed by atoms with van der Waals surface area (Å²) in [5, 5.41) is 1.01. The molecule has 1 atom stereocenters. The Morgan fingerprint density at radius 2 is 2.05 bits per heavy atom. The van der Waals surface area contributed by atoms with E-state index < -0.39 is 0 Å². The van der Waals surface area contributed by atoms with Gasteiger partial charge in [-0.05, 0) is 39.0 Å². The molecule has 2 heterocycles. The van der Waals surface area contributed by atoms with Crippen LogP contribution in [0.25, 0.3) is 11.0 Å². The SMILES string of the molecule is Cc1nc(C)c(C(C)n2c(N)nc3ccc(F)cc32)s1. The van der Waals surface area contributed by atoms with Crippen molar-refractivity contribution < 1.29 is 4.39 Å². The van der Waals surface area contributed by atoms with E-state index in [0.29, 0.717) is 17.0 Å². The Kier molecular flexibility index (Phi) is 2.97. The lowest BCUT2D eigenvalue weighted by Crippen LogP contribution is -2.10. The van der Waals surface area contributed by atoms with Crippen molar-refractivity contribution in [3.8, 4) is 0 Å². The number of fused-ring (bicyclic) bond motifs is 1. The predicted octanol–water partition coefficient (Wildman–Crippen LogP) is 3.44. The van der Waals surface area contributed by atoms with Crippen LogP contribution < -0.4 is 5.73 Å². The highest BCUT2D eigenvalue weighted by Gasteiger charge is 2.20. The van der Waals surface area contributed by atoms with Gasteiger partial charge >= 0.3 is 0 Å². The number of imidazole rings is 1. The lowest BCUT2D eigenvalue weighted by Gasteiger charge is -2.15. The molecule has 0 saturated carbocycles. The first kappa shape index (κ1) is 13.1. The normalized spacial score (nSPS) is 13.0. The van der Waals surface area contributed by atoms with Crippen LogP contribution in [0.2, 0.25) is 0 Å². The summed E-state index contributed by atoms with van der Waals surface area (Å²) in [7, 11) is 0. The Morgan fingerprint density at radius 3 is 2.70 bits per heavy atom. The van der Waals surface area contributed by atoms with Crippen LogP contribution >= 0.6 is 11.3 Å². The second-order valence-corrected chi connectivity index (χ2v) is 6.07. The van der Waals surface area contributed by atoms with Gasteiger partial charge in [0.15, 0.2) is 0 Å². The van der Waals surface area contributed by atoms with E-state index in [1.54, 1.807) is 17.4 Å². The summed E-state index contributed by atoms with van der Waals surface area (Å²) in [5.74, 6) is 0.103. The Hall–Kier alpha value is -1.95. The standard InChI is InChI=1S/C14H15FN4S/c1-7-13(20-9(3)17-7)8(2)19-12-6-10(15)4-5-11(12)18-14(19)16/h4-6,8H,1-3H3,(H2,16,18). The third-order valence-electron chi connectivity index (χ3n) is 3.38. The first-order chi connectivity index (χ1) is 9.47. The fourth-order valence-electron chi connectivity index (χ4n) is 2.54. The van der Waals surface area contributed by atoms with Gasteiger partial charge in [0.1, 0.15) is 5.82 Å². The molecule has 6 heteroatoms. The number of nitrogens with two attached hydrogens (primary N) is 1. The molecule has 0 radical (unpaired) electrons. The molecule has 0 saturated heterocycles. The van der Waals surface area contributed by atoms with Gasteiger partial charge in [-0.1, -0.05) is 0 Å². The number of anilines is 1. The molecule has 0 spiro atoms. The fraction of sp³-hybridized carbons (Fsp3) is 0.286. The van der Waals surface area contributed by atoms with Crippen molar-refractivity contribution >= 4 is 28.3 Å². The van der Waals surface area contributed by atoms with E-state index in [-0.39, 0.29) is 11.9 Å². The van der Waals surface area contributed by atoms with Crippen molar-refractivity contribution in [1.82, 2.24) is 14.5 Å². The van der Waals surface area contributed by atoms with Crippen molar-refractivity contribution in [2.24, 2.45) is 0 Å². The molecule has 0 aliphatic rings. The van der Waals surface area contributed by atoms with Crippen molar-refractivity contribution in [2.45, 2.75) is 26.8 Å². The molecule has 2 aromatic heterocycles. The van der Waals surface area contributed by atoms with Crippen LogP contribution in [0.15, 0.2) is 18.2 Å². The average molecular weight is 290 g/mol. The van der Waals surface area contributed by atoms with Gasteiger partial charge in [-0.25, -0.2) is 14.4 Å². The Morgan fingerprint density at radius 1 is 1.30 bits per heavy atom. The molecule has 4 nitrogen and oxygen atoms in total. The maximum Gasteiger partial charge on any atom is 0.201 e. The van der Waals surface area contributed by atoms with Crippen molar-refractivity contribution in [3.05, 3.63) is 39.6 Å². The van der Waals surface area contributed by atoms with Crippen LogP contribution in [0.4, 0.5) is 10.3 Å². The molecule has 1 unspecified atom stereocenters. The number of aromatic nitrogens is 3. The summed E-state index contributed by atoms with van der Waals surface area (Å²) in [6.07, 6.45) is 0. The molecule has 3 rings (SSSR count). The summed E-state index contributed by atoms with van der Waals surface area (Å²) >= 11 is 1.63. The van der Waals surface area contributed by atoms with Gasteiger partial charge < -0.3 is 10.3 Å². The Bertz CT molecular complexity index is 790. The first-order valence-corrected chi connectivity index (χ1v) is 7.16. The van der Waals surface area contributed by atoms with Gasteiger partial charge in [-0.3, -0.25) is 0 Å². The molecule has 0 fully saturated rings. The highest BCUT2D eigenvalue weighted by Crippen LogP contribution is 2.32. The number of hydrogen-bond donors (Lipinski definition) is 1. The number of rotatable bonds is 2. The van der Waals surface area contributed by atoms with E-state index in [4.69, 9.17) is 5.73 Å². The highest BCUT2D eigenvalue weighted by atomic mass is 32.1. The largest absolute Gasteiger partial charge is 0.369 e. The maximum atomic E-state index is 13.5. The number of nitrogens with zero attached hydrogens (tertiary/aromatic N) is 3. The number of thiazole rings is 1. The van der Waals surface area contributed by atoms with Crippen LogP contribution in [0, 0.1) is 19.7 Å². The number of nitrogen functional groups attached to an aromatic ring is 1. The van der Waals surface area contributed by atoms with E-state index in [0.717, 1.165) is 15.6 Å². The molecule has 0 aliphatic carbocycles. The number of hydrogen-bond acceptors (Lipinski definition) is 4. The van der Waals surface area contributed by atoms with Crippen molar-refractivity contribution in [2.75, 3.05) is 5.73 Å². The van der Waals surface area contributed by atoms with E-state index in [9.17, 15) is 4.39 Å². The van der Waals surface area contributed by atoms with E-state index in [1.807, 2.05) is 25.3 Å². The van der Waals surface area contributed by atoms with Gasteiger partial charge in [-0.2, -0.15) is 0 Å². The molecule has 3 aromatic rings. The summed E-state index contributed by atoms with van der Waals surface area (Å²) in [6.45, 7) is 5.98. The van der Waals surface area contributed by atoms with Gasteiger partial charge in [0, 0.05) is 0 Å². The van der Waals surface area contributed by atoms with Crippen LogP contribution in [-0.4, -0.2) is 14.5 Å². The monoisotopic (exact) mass is 290 g/mol. The van der Waals surface area contributed by atoms with Crippen LogP contribution in [-0.2, 0) is 0 Å². The number of benzene rings is 1. The molecule has 1 aromatic carbocycles. The maximum absolute atomic E-state index is 13.5. The minimum absolute atomic E-state index is 0.0204. The quantitative estimate of drug-likeness (QED) is 0.786. The first-order valence-electron chi connectivity index (χ1n) is 6.34. The molecule has 0 amide bonds. The van der Waals surface area contributed by atoms with Gasteiger partial charge in [0.05, 0.1) is 32.7 Å². The number of aryl methyl sites for hydroxylation is 2. The summed E-state index contributed by atoms with van der Waals surface area (Å²) in [6, 6.07) is 4.49. The Balaban J connectivity index is 2.20. The third-order valence-corrected chi connectivity index (χ3v) is 4.63. The molecule has 20 heavy (non-hydrogen) atoms. The second kappa shape index (κ2) is 4.56. The van der Waals surface area contributed by atoms with E-state index in [1.165, 1.54) is 12.1 Å². The minimum Gasteiger partial charge on any atom is -0.369 e. The molecule has 2 N–H and O–H groups in total. The van der Waals surface area contributed by atoms with Gasteiger partial charge in [0.2, 0.25) is 5.95 Å². The van der Waals surface area contributed by atoms with E-state index in [2.05, 4.69) is 9.97 Å². The Labute approximate surface area is 120 Å². The molecule has 104 valence electrons. The van der Waals surface area contributed by atoms with Crippen LogP contribution in [0.5, 0.6) is 0 Å². The number of halogens is 1. The zero-order valence-corrected chi connectivity index (χ0v) is 12.3. The smallest absolute Gasteiger partial charge is 0.201 e. The summed E-state index contributed by atoms with van der Waals surface area (Å²) < 4.78 is 15.3. The third kappa shape index (κ3) is 1.96. The van der Waals surface area contributed by atoms with Crippen LogP contribution in [0.3, 0.4) is 0 Å². The summed E-state index contributed by atoms with van der Waals surface area (Å²) in [5.41, 5.74) is 8.41. The summed E-state index contributed by atoms with van der Waals surface area (Å²) in [4.78, 5) is 9.86. The lowest BCUT2D eigenvalue weighted by molar-refractivity contribution is 0.625. The topological polar surface area (TPSA) is 56.7 Å². The van der Waals surface area contributed by atoms with Crippen LogP contribution in [0.1, 0.15) is 28.5 Å². The van der Waals surface area contributed by atoms with Gasteiger partial charge in [0.25, 0.3) is 0 Å². The zero-order valence-electron chi connectivity index (χ0n) is 11.5. The van der Waals surface area contributed by atoms with E-state index >= 15 is 0 Å². The highest BCUT2D eigenvalue weighted by molar-refractivity contribution is 7.11. The van der Waals surface area contributed by atoms with Gasteiger partial charge in [-0.15, -0.1) is 11.3 Å². The average Bonchev–Trinajstić information content (AvgIpc) is 2.87. The molecular formula is C14H15FN4S.